The fraction of sp³-hybridized carbons (Fsp3) is 0.500. The molecule has 0 aliphatic carbocycles. The highest BCUT2D eigenvalue weighted by molar-refractivity contribution is 7.89. The van der Waals surface area contributed by atoms with Crippen molar-refractivity contribution in [2.75, 3.05) is 6.54 Å². The van der Waals surface area contributed by atoms with Crippen molar-refractivity contribution < 1.29 is 13.2 Å². The fourth-order valence-electron chi connectivity index (χ4n) is 2.14. The summed E-state index contributed by atoms with van der Waals surface area (Å²) in [5.41, 5.74) is 1.05. The average Bonchev–Trinajstić information content (AvgIpc) is 3.15. The zero-order chi connectivity index (χ0) is 13.9. The molecule has 1 heterocycles. The Bertz CT molecular complexity index is 536. The molecule has 104 valence electrons. The molecule has 0 spiro atoms. The normalized spacial score (nSPS) is 22.2. The second-order valence-corrected chi connectivity index (χ2v) is 6.88. The van der Waals surface area contributed by atoms with Crippen LogP contribution in [0.5, 0.6) is 0 Å². The molecule has 19 heavy (non-hydrogen) atoms. The highest BCUT2D eigenvalue weighted by atomic mass is 32.2. The molecular weight excluding hydrogens is 262 g/mol. The van der Waals surface area contributed by atoms with Crippen LogP contribution in [0.2, 0.25) is 0 Å². The molecule has 0 aromatic heterocycles. The van der Waals surface area contributed by atoms with Gasteiger partial charge in [-0.15, -0.1) is 0 Å². The van der Waals surface area contributed by atoms with E-state index in [1.807, 2.05) is 19.1 Å². The van der Waals surface area contributed by atoms with Gasteiger partial charge in [-0.3, -0.25) is 0 Å². The third-order valence-electron chi connectivity index (χ3n) is 3.40. The number of hydrogen-bond donors (Lipinski definition) is 0. The molecule has 0 bridgehead atoms. The molecule has 1 aromatic carbocycles. The van der Waals surface area contributed by atoms with E-state index in [-0.39, 0.29) is 6.04 Å². The SMILES string of the molecule is Cc1ccc(S(=O)(=O)N2CC2CCCCC=O)cc1. The van der Waals surface area contributed by atoms with Gasteiger partial charge in [0.05, 0.1) is 4.90 Å². The highest BCUT2D eigenvalue weighted by Crippen LogP contribution is 2.31. The second kappa shape index (κ2) is 5.84. The number of carbonyl (C=O) groups is 1. The third kappa shape index (κ3) is 3.42. The minimum atomic E-state index is -3.31. The van der Waals surface area contributed by atoms with Gasteiger partial charge >= 0.3 is 0 Å². The number of hydrogen-bond acceptors (Lipinski definition) is 3. The summed E-state index contributed by atoms with van der Waals surface area (Å²) < 4.78 is 26.1. The Morgan fingerprint density at radius 3 is 2.58 bits per heavy atom. The molecule has 0 radical (unpaired) electrons. The lowest BCUT2D eigenvalue weighted by Gasteiger charge is -2.06. The fourth-order valence-corrected chi connectivity index (χ4v) is 3.76. The van der Waals surface area contributed by atoms with Crippen molar-refractivity contribution in [1.29, 1.82) is 0 Å². The summed E-state index contributed by atoms with van der Waals surface area (Å²) in [7, 11) is -3.31. The number of aryl methyl sites for hydroxylation is 1. The summed E-state index contributed by atoms with van der Waals surface area (Å²) in [6.45, 7) is 2.54. The van der Waals surface area contributed by atoms with Crippen molar-refractivity contribution in [2.45, 2.75) is 43.5 Å². The van der Waals surface area contributed by atoms with Gasteiger partial charge in [-0.1, -0.05) is 24.1 Å². The number of nitrogens with zero attached hydrogens (tertiary/aromatic N) is 1. The van der Waals surface area contributed by atoms with Crippen molar-refractivity contribution in [3.05, 3.63) is 29.8 Å². The van der Waals surface area contributed by atoms with E-state index in [0.717, 1.165) is 31.1 Å². The largest absolute Gasteiger partial charge is 0.303 e. The summed E-state index contributed by atoms with van der Waals surface area (Å²) in [4.78, 5) is 10.6. The van der Waals surface area contributed by atoms with E-state index in [0.29, 0.717) is 17.9 Å². The van der Waals surface area contributed by atoms with Gasteiger partial charge in [0, 0.05) is 19.0 Å². The summed E-state index contributed by atoms with van der Waals surface area (Å²) in [6, 6.07) is 7.07. The zero-order valence-electron chi connectivity index (χ0n) is 11.1. The quantitative estimate of drug-likeness (QED) is 0.437. The predicted octanol–water partition coefficient (Wildman–Crippen LogP) is 2.13. The molecule has 0 amide bonds. The molecule has 1 saturated heterocycles. The Labute approximate surface area is 114 Å². The van der Waals surface area contributed by atoms with Crippen LogP contribution in [0, 0.1) is 6.92 Å². The van der Waals surface area contributed by atoms with Crippen LogP contribution in [0.4, 0.5) is 0 Å². The first-order chi connectivity index (χ1) is 9.05. The molecule has 1 aliphatic rings. The van der Waals surface area contributed by atoms with E-state index < -0.39 is 10.0 Å². The van der Waals surface area contributed by atoms with Crippen molar-refractivity contribution in [2.24, 2.45) is 0 Å². The molecule has 2 atom stereocenters. The van der Waals surface area contributed by atoms with Crippen LogP contribution in [0.1, 0.15) is 31.2 Å². The van der Waals surface area contributed by atoms with Crippen LogP contribution >= 0.6 is 0 Å². The van der Waals surface area contributed by atoms with E-state index in [9.17, 15) is 13.2 Å². The maximum Gasteiger partial charge on any atom is 0.243 e. The standard InChI is InChI=1S/C14H19NO3S/c1-12-6-8-14(9-7-12)19(17,18)15-11-13(15)5-3-2-4-10-16/h6-10,13H,2-5,11H2,1H3. The van der Waals surface area contributed by atoms with E-state index in [1.54, 1.807) is 16.4 Å². The maximum absolute atomic E-state index is 12.3. The second-order valence-electron chi connectivity index (χ2n) is 4.99. The van der Waals surface area contributed by atoms with E-state index in [1.165, 1.54) is 0 Å². The summed E-state index contributed by atoms with van der Waals surface area (Å²) in [6.07, 6.45) is 4.08. The van der Waals surface area contributed by atoms with Gasteiger partial charge in [-0.25, -0.2) is 8.42 Å². The molecular formula is C14H19NO3S. The molecule has 0 saturated carbocycles. The van der Waals surface area contributed by atoms with Crippen LogP contribution in [-0.4, -0.2) is 31.6 Å². The highest BCUT2D eigenvalue weighted by Gasteiger charge is 2.43. The first kappa shape index (κ1) is 14.2. The van der Waals surface area contributed by atoms with Crippen LogP contribution in [0.25, 0.3) is 0 Å². The third-order valence-corrected chi connectivity index (χ3v) is 5.33. The Hall–Kier alpha value is -1.20. The molecule has 1 aliphatic heterocycles. The molecule has 4 nitrogen and oxygen atoms in total. The van der Waals surface area contributed by atoms with Gasteiger partial charge in [0.2, 0.25) is 10.0 Å². The molecule has 1 fully saturated rings. The van der Waals surface area contributed by atoms with Crippen LogP contribution < -0.4 is 0 Å². The first-order valence-electron chi connectivity index (χ1n) is 6.58. The van der Waals surface area contributed by atoms with E-state index in [2.05, 4.69) is 0 Å². The number of unbranched alkanes of at least 4 members (excludes halogenated alkanes) is 2. The molecule has 0 N–H and O–H groups in total. The van der Waals surface area contributed by atoms with Crippen LogP contribution in [-0.2, 0) is 14.8 Å². The maximum atomic E-state index is 12.3. The minimum absolute atomic E-state index is 0.123. The number of benzene rings is 1. The summed E-state index contributed by atoms with van der Waals surface area (Å²) >= 11 is 0. The Morgan fingerprint density at radius 2 is 1.95 bits per heavy atom. The Morgan fingerprint density at radius 1 is 1.26 bits per heavy atom. The van der Waals surface area contributed by atoms with Gasteiger partial charge < -0.3 is 4.79 Å². The van der Waals surface area contributed by atoms with Crippen molar-refractivity contribution in [3.63, 3.8) is 0 Å². The van der Waals surface area contributed by atoms with Crippen LogP contribution in [0.15, 0.2) is 29.2 Å². The summed E-state index contributed by atoms with van der Waals surface area (Å²) in [5, 5.41) is 0. The van der Waals surface area contributed by atoms with E-state index in [4.69, 9.17) is 0 Å². The monoisotopic (exact) mass is 281 g/mol. The van der Waals surface area contributed by atoms with Gasteiger partial charge in [0.25, 0.3) is 0 Å². The number of aldehydes is 1. The lowest BCUT2D eigenvalue weighted by atomic mass is 10.2. The number of carbonyl (C=O) groups excluding carboxylic acids is 1. The topological polar surface area (TPSA) is 54.2 Å². The van der Waals surface area contributed by atoms with Gasteiger partial charge in [-0.05, 0) is 31.9 Å². The number of sulfonamides is 1. The molecule has 5 heteroatoms. The van der Waals surface area contributed by atoms with Crippen molar-refractivity contribution in [3.8, 4) is 0 Å². The zero-order valence-corrected chi connectivity index (χ0v) is 11.9. The first-order valence-corrected chi connectivity index (χ1v) is 8.02. The van der Waals surface area contributed by atoms with Crippen LogP contribution in [0.3, 0.4) is 0 Å². The lowest BCUT2D eigenvalue weighted by molar-refractivity contribution is -0.107. The van der Waals surface area contributed by atoms with Crippen molar-refractivity contribution >= 4 is 16.3 Å². The molecule has 2 unspecified atom stereocenters. The Kier molecular flexibility index (Phi) is 4.37. The number of rotatable bonds is 7. The van der Waals surface area contributed by atoms with Gasteiger partial charge in [0.1, 0.15) is 6.29 Å². The predicted molar refractivity (Wildman–Crippen MR) is 73.4 cm³/mol. The van der Waals surface area contributed by atoms with Crippen molar-refractivity contribution in [1.82, 2.24) is 4.31 Å². The van der Waals surface area contributed by atoms with Gasteiger partial charge in [-0.2, -0.15) is 4.31 Å². The lowest BCUT2D eigenvalue weighted by Crippen LogP contribution is -2.14. The smallest absolute Gasteiger partial charge is 0.243 e. The minimum Gasteiger partial charge on any atom is -0.303 e. The summed E-state index contributed by atoms with van der Waals surface area (Å²) in [5.74, 6) is 0. The van der Waals surface area contributed by atoms with E-state index >= 15 is 0 Å². The molecule has 2 rings (SSSR count). The molecule has 1 aromatic rings. The average molecular weight is 281 g/mol. The van der Waals surface area contributed by atoms with Gasteiger partial charge in [0.15, 0.2) is 0 Å². The Balaban J connectivity index is 1.92.